The van der Waals surface area contributed by atoms with E-state index in [4.69, 9.17) is 4.52 Å². The summed E-state index contributed by atoms with van der Waals surface area (Å²) in [5.41, 5.74) is 1.87. The van der Waals surface area contributed by atoms with E-state index in [1.807, 2.05) is 26.8 Å². The Labute approximate surface area is 177 Å². The standard InChI is InChI=1S/C22H22BrN3O3/c1-22(2,3)18-13-19(26-29-18)25-20(27)11-14-7-9-17(10-8-14)24-21(28)15-5-4-6-16(23)12-15/h4-10,12-13H,11H2,1-3H3,(H,24,28)(H,25,26,27). The summed E-state index contributed by atoms with van der Waals surface area (Å²) in [6, 6.07) is 16.0. The average Bonchev–Trinajstić information content (AvgIpc) is 3.12. The zero-order valence-electron chi connectivity index (χ0n) is 16.5. The highest BCUT2D eigenvalue weighted by atomic mass is 79.9. The van der Waals surface area contributed by atoms with Gasteiger partial charge < -0.3 is 15.2 Å². The van der Waals surface area contributed by atoms with Crippen LogP contribution in [0.1, 0.15) is 42.5 Å². The smallest absolute Gasteiger partial charge is 0.255 e. The van der Waals surface area contributed by atoms with Crippen LogP contribution < -0.4 is 10.6 Å². The summed E-state index contributed by atoms with van der Waals surface area (Å²) >= 11 is 3.35. The lowest BCUT2D eigenvalue weighted by Crippen LogP contribution is -2.15. The maximum atomic E-state index is 12.3. The van der Waals surface area contributed by atoms with Crippen LogP contribution in [0.4, 0.5) is 11.5 Å². The molecule has 2 N–H and O–H groups in total. The van der Waals surface area contributed by atoms with E-state index in [1.54, 1.807) is 48.5 Å². The van der Waals surface area contributed by atoms with E-state index in [9.17, 15) is 9.59 Å². The number of carbonyl (C=O) groups is 2. The molecule has 29 heavy (non-hydrogen) atoms. The highest BCUT2D eigenvalue weighted by Crippen LogP contribution is 2.24. The van der Waals surface area contributed by atoms with Gasteiger partial charge in [-0.25, -0.2) is 0 Å². The lowest BCUT2D eigenvalue weighted by molar-refractivity contribution is -0.115. The van der Waals surface area contributed by atoms with E-state index in [0.29, 0.717) is 22.8 Å². The van der Waals surface area contributed by atoms with Crippen molar-refractivity contribution in [2.75, 3.05) is 10.6 Å². The number of amides is 2. The van der Waals surface area contributed by atoms with Gasteiger partial charge in [0.2, 0.25) is 5.91 Å². The molecule has 0 aliphatic carbocycles. The zero-order chi connectivity index (χ0) is 21.0. The third kappa shape index (κ3) is 5.77. The van der Waals surface area contributed by atoms with Crippen LogP contribution in [0, 0.1) is 0 Å². The molecule has 150 valence electrons. The van der Waals surface area contributed by atoms with Gasteiger partial charge in [0.15, 0.2) is 5.82 Å². The van der Waals surface area contributed by atoms with Gasteiger partial charge in [0.25, 0.3) is 5.91 Å². The van der Waals surface area contributed by atoms with Gasteiger partial charge in [-0.15, -0.1) is 0 Å². The first-order chi connectivity index (χ1) is 13.7. The number of anilines is 2. The van der Waals surface area contributed by atoms with Crippen molar-refractivity contribution in [1.29, 1.82) is 0 Å². The fraction of sp³-hybridized carbons (Fsp3) is 0.227. The molecule has 1 aromatic heterocycles. The minimum absolute atomic E-state index is 0.175. The molecule has 0 radical (unpaired) electrons. The number of carbonyl (C=O) groups excluding carboxylic acids is 2. The number of nitrogens with one attached hydrogen (secondary N) is 2. The van der Waals surface area contributed by atoms with Crippen LogP contribution in [-0.2, 0) is 16.6 Å². The van der Waals surface area contributed by atoms with E-state index in [2.05, 4.69) is 31.7 Å². The molecular weight excluding hydrogens is 434 g/mol. The molecule has 7 heteroatoms. The van der Waals surface area contributed by atoms with Crippen LogP contribution >= 0.6 is 15.9 Å². The zero-order valence-corrected chi connectivity index (χ0v) is 18.0. The average molecular weight is 456 g/mol. The largest absolute Gasteiger partial charge is 0.359 e. The molecule has 0 spiro atoms. The van der Waals surface area contributed by atoms with Crippen molar-refractivity contribution in [2.45, 2.75) is 32.6 Å². The molecule has 0 unspecified atom stereocenters. The van der Waals surface area contributed by atoms with Gasteiger partial charge in [-0.05, 0) is 35.9 Å². The fourth-order valence-corrected chi connectivity index (χ4v) is 3.00. The minimum atomic E-state index is -0.197. The van der Waals surface area contributed by atoms with Crippen molar-refractivity contribution in [3.05, 3.63) is 76.0 Å². The van der Waals surface area contributed by atoms with E-state index in [1.165, 1.54) is 0 Å². The van der Waals surface area contributed by atoms with Crippen LogP contribution in [-0.4, -0.2) is 17.0 Å². The quantitative estimate of drug-likeness (QED) is 0.555. The first kappa shape index (κ1) is 20.8. The molecule has 0 saturated heterocycles. The second kappa shape index (κ2) is 8.61. The molecule has 0 bridgehead atoms. The first-order valence-corrected chi connectivity index (χ1v) is 9.93. The number of hydrogen-bond acceptors (Lipinski definition) is 4. The Morgan fingerprint density at radius 1 is 1.03 bits per heavy atom. The number of aromatic nitrogens is 1. The summed E-state index contributed by atoms with van der Waals surface area (Å²) in [6.07, 6.45) is 0.192. The monoisotopic (exact) mass is 455 g/mol. The Morgan fingerprint density at radius 2 is 1.76 bits per heavy atom. The van der Waals surface area contributed by atoms with Gasteiger partial charge in [-0.2, -0.15) is 0 Å². The predicted molar refractivity (Wildman–Crippen MR) is 116 cm³/mol. The third-order valence-electron chi connectivity index (χ3n) is 4.18. The van der Waals surface area contributed by atoms with Crippen LogP contribution in [0.3, 0.4) is 0 Å². The molecule has 0 atom stereocenters. The lowest BCUT2D eigenvalue weighted by atomic mass is 9.93. The Kier molecular flexibility index (Phi) is 6.17. The molecular formula is C22H22BrN3O3. The van der Waals surface area contributed by atoms with E-state index < -0.39 is 0 Å². The fourth-order valence-electron chi connectivity index (χ4n) is 2.60. The Bertz CT molecular complexity index is 1020. The number of hydrogen-bond donors (Lipinski definition) is 2. The summed E-state index contributed by atoms with van der Waals surface area (Å²) in [7, 11) is 0. The molecule has 3 rings (SSSR count). The van der Waals surface area contributed by atoms with Gasteiger partial charge in [-0.3, -0.25) is 9.59 Å². The van der Waals surface area contributed by atoms with E-state index >= 15 is 0 Å². The van der Waals surface area contributed by atoms with E-state index in [0.717, 1.165) is 10.0 Å². The van der Waals surface area contributed by atoms with Crippen LogP contribution in [0.5, 0.6) is 0 Å². The van der Waals surface area contributed by atoms with Crippen molar-refractivity contribution < 1.29 is 14.1 Å². The lowest BCUT2D eigenvalue weighted by Gasteiger charge is -2.12. The first-order valence-electron chi connectivity index (χ1n) is 9.13. The van der Waals surface area contributed by atoms with Crippen LogP contribution in [0.25, 0.3) is 0 Å². The second-order valence-electron chi connectivity index (χ2n) is 7.71. The summed E-state index contributed by atoms with van der Waals surface area (Å²) in [6.45, 7) is 6.03. The molecule has 0 fully saturated rings. The summed E-state index contributed by atoms with van der Waals surface area (Å²) in [5, 5.41) is 9.47. The number of rotatable bonds is 5. The summed E-state index contributed by atoms with van der Waals surface area (Å²) in [5.74, 6) is 0.721. The Balaban J connectivity index is 1.56. The van der Waals surface area contributed by atoms with Crippen LogP contribution in [0.15, 0.2) is 63.6 Å². The summed E-state index contributed by atoms with van der Waals surface area (Å²) in [4.78, 5) is 24.5. The van der Waals surface area contributed by atoms with Crippen LogP contribution in [0.2, 0.25) is 0 Å². The predicted octanol–water partition coefficient (Wildman–Crippen LogP) is 5.17. The third-order valence-corrected chi connectivity index (χ3v) is 4.67. The Hall–Kier alpha value is -2.93. The van der Waals surface area contributed by atoms with Gasteiger partial charge >= 0.3 is 0 Å². The van der Waals surface area contributed by atoms with Gasteiger partial charge in [0.1, 0.15) is 5.76 Å². The number of halogens is 1. The van der Waals surface area contributed by atoms with Crippen molar-refractivity contribution in [3.63, 3.8) is 0 Å². The number of benzene rings is 2. The summed E-state index contributed by atoms with van der Waals surface area (Å²) < 4.78 is 6.11. The minimum Gasteiger partial charge on any atom is -0.359 e. The van der Waals surface area contributed by atoms with Gasteiger partial charge in [-0.1, -0.05) is 60.1 Å². The van der Waals surface area contributed by atoms with Crippen molar-refractivity contribution >= 4 is 39.2 Å². The van der Waals surface area contributed by atoms with Crippen molar-refractivity contribution in [1.82, 2.24) is 5.16 Å². The molecule has 2 aromatic carbocycles. The molecule has 3 aromatic rings. The number of nitrogens with zero attached hydrogens (tertiary/aromatic N) is 1. The van der Waals surface area contributed by atoms with E-state index in [-0.39, 0.29) is 23.7 Å². The maximum Gasteiger partial charge on any atom is 0.255 e. The Morgan fingerprint density at radius 3 is 2.38 bits per heavy atom. The van der Waals surface area contributed by atoms with Crippen molar-refractivity contribution in [3.8, 4) is 0 Å². The molecule has 0 saturated carbocycles. The van der Waals surface area contributed by atoms with Gasteiger partial charge in [0, 0.05) is 27.2 Å². The molecule has 0 aliphatic heterocycles. The molecule has 2 amide bonds. The molecule has 0 aliphatic rings. The highest BCUT2D eigenvalue weighted by molar-refractivity contribution is 9.10. The van der Waals surface area contributed by atoms with Crippen molar-refractivity contribution in [2.24, 2.45) is 0 Å². The van der Waals surface area contributed by atoms with Gasteiger partial charge in [0.05, 0.1) is 6.42 Å². The second-order valence-corrected chi connectivity index (χ2v) is 8.63. The SMILES string of the molecule is CC(C)(C)c1cc(NC(=O)Cc2ccc(NC(=O)c3cccc(Br)c3)cc2)no1. The maximum absolute atomic E-state index is 12.3. The molecule has 1 heterocycles. The normalized spacial score (nSPS) is 11.2. The highest BCUT2D eigenvalue weighted by Gasteiger charge is 2.20. The molecule has 6 nitrogen and oxygen atoms in total. The topological polar surface area (TPSA) is 84.2 Å².